The first-order valence-corrected chi connectivity index (χ1v) is 8.59. The highest BCUT2D eigenvalue weighted by atomic mass is 32.2. The maximum Gasteiger partial charge on any atom is 0.122 e. The third-order valence-electron chi connectivity index (χ3n) is 3.98. The van der Waals surface area contributed by atoms with Crippen LogP contribution in [0.1, 0.15) is 18.5 Å². The fraction of sp³-hybridized carbons (Fsp3) is 0.625. The van der Waals surface area contributed by atoms with Crippen molar-refractivity contribution in [3.8, 4) is 11.5 Å². The smallest absolute Gasteiger partial charge is 0.122 e. The van der Waals surface area contributed by atoms with Gasteiger partial charge < -0.3 is 14.8 Å². The molecule has 0 aliphatic carbocycles. The molecule has 1 fully saturated rings. The minimum absolute atomic E-state index is 0.289. The van der Waals surface area contributed by atoms with Crippen LogP contribution in [0.3, 0.4) is 0 Å². The quantitative estimate of drug-likeness (QED) is 0.872. The van der Waals surface area contributed by atoms with Crippen LogP contribution in [0.5, 0.6) is 11.5 Å². The van der Waals surface area contributed by atoms with E-state index >= 15 is 0 Å². The van der Waals surface area contributed by atoms with Crippen molar-refractivity contribution in [2.24, 2.45) is 0 Å². The van der Waals surface area contributed by atoms with Gasteiger partial charge in [0.2, 0.25) is 0 Å². The maximum absolute atomic E-state index is 5.41. The van der Waals surface area contributed by atoms with Crippen LogP contribution in [0.2, 0.25) is 0 Å². The summed E-state index contributed by atoms with van der Waals surface area (Å²) in [5.41, 5.74) is 1.23. The second kappa shape index (κ2) is 7.92. The molecule has 5 heteroatoms. The number of thioether (sulfide) groups is 1. The Morgan fingerprint density at radius 2 is 1.95 bits per heavy atom. The highest BCUT2D eigenvalue weighted by Crippen LogP contribution is 2.31. The van der Waals surface area contributed by atoms with Crippen LogP contribution >= 0.6 is 11.8 Å². The number of methoxy groups -OCH3 is 2. The molecule has 0 amide bonds. The van der Waals surface area contributed by atoms with Crippen LogP contribution in [0, 0.1) is 0 Å². The molecule has 21 heavy (non-hydrogen) atoms. The fourth-order valence-corrected chi connectivity index (χ4v) is 4.03. The highest BCUT2D eigenvalue weighted by Gasteiger charge is 2.29. The van der Waals surface area contributed by atoms with Gasteiger partial charge in [-0.15, -0.1) is 0 Å². The summed E-state index contributed by atoms with van der Waals surface area (Å²) in [4.78, 5) is 2.45. The van der Waals surface area contributed by atoms with Crippen molar-refractivity contribution in [1.82, 2.24) is 10.2 Å². The van der Waals surface area contributed by atoms with Crippen molar-refractivity contribution >= 4 is 11.8 Å². The average molecular weight is 310 g/mol. The third kappa shape index (κ3) is 4.05. The number of nitrogens with zero attached hydrogens (tertiary/aromatic N) is 1. The number of nitrogens with one attached hydrogen (secondary N) is 1. The Kier molecular flexibility index (Phi) is 6.21. The largest absolute Gasteiger partial charge is 0.497 e. The first-order valence-electron chi connectivity index (χ1n) is 7.44. The van der Waals surface area contributed by atoms with E-state index in [1.165, 1.54) is 11.3 Å². The Hall–Kier alpha value is -0.910. The molecule has 1 aromatic carbocycles. The summed E-state index contributed by atoms with van der Waals surface area (Å²) in [5.74, 6) is 4.05. The second-order valence-electron chi connectivity index (χ2n) is 5.30. The molecule has 0 saturated carbocycles. The number of likely N-dealkylation sites (N-methyl/N-ethyl adjacent to an activating group) is 2. The van der Waals surface area contributed by atoms with Crippen molar-refractivity contribution in [3.05, 3.63) is 23.8 Å². The molecule has 1 aliphatic heterocycles. The van der Waals surface area contributed by atoms with Crippen LogP contribution in [0.15, 0.2) is 18.2 Å². The van der Waals surface area contributed by atoms with Gasteiger partial charge in [0.25, 0.3) is 0 Å². The molecular formula is C16H26N2O2S. The Morgan fingerprint density at radius 1 is 1.29 bits per heavy atom. The Morgan fingerprint density at radius 3 is 2.48 bits per heavy atom. The molecule has 1 saturated heterocycles. The molecular weight excluding hydrogens is 284 g/mol. The van der Waals surface area contributed by atoms with Gasteiger partial charge in [0.1, 0.15) is 11.5 Å². The van der Waals surface area contributed by atoms with E-state index in [0.29, 0.717) is 6.04 Å². The molecule has 1 aliphatic rings. The van der Waals surface area contributed by atoms with Crippen molar-refractivity contribution in [2.75, 3.05) is 45.9 Å². The normalized spacial score (nSPS) is 21.0. The molecule has 0 bridgehead atoms. The molecule has 2 rings (SSSR count). The summed E-state index contributed by atoms with van der Waals surface area (Å²) < 4.78 is 10.8. The molecule has 0 radical (unpaired) electrons. The van der Waals surface area contributed by atoms with Gasteiger partial charge in [-0.25, -0.2) is 0 Å². The van der Waals surface area contributed by atoms with E-state index in [0.717, 1.165) is 30.3 Å². The first-order chi connectivity index (χ1) is 10.2. The lowest BCUT2D eigenvalue weighted by Gasteiger charge is -2.38. The molecule has 4 nitrogen and oxygen atoms in total. The molecule has 1 N–H and O–H groups in total. The summed E-state index contributed by atoms with van der Waals surface area (Å²) in [6.07, 6.45) is 0. The van der Waals surface area contributed by atoms with Crippen LogP contribution < -0.4 is 14.8 Å². The zero-order chi connectivity index (χ0) is 15.2. The molecule has 2 atom stereocenters. The predicted octanol–water partition coefficient (Wildman–Crippen LogP) is 2.40. The van der Waals surface area contributed by atoms with Crippen LogP contribution in [-0.4, -0.2) is 56.8 Å². The SMILES string of the molecule is CCNC(c1cc(OC)cc(OC)c1)C1CSCCN1C. The molecule has 2 unspecified atom stereocenters. The molecule has 1 aromatic rings. The van der Waals surface area contributed by atoms with Crippen molar-refractivity contribution < 1.29 is 9.47 Å². The lowest BCUT2D eigenvalue weighted by atomic mass is 9.98. The Bertz CT molecular complexity index is 434. The first kappa shape index (κ1) is 16.5. The van der Waals surface area contributed by atoms with Gasteiger partial charge in [0.15, 0.2) is 0 Å². The lowest BCUT2D eigenvalue weighted by Crippen LogP contribution is -2.47. The standard InChI is InChI=1S/C16H26N2O2S/c1-5-17-16(15-11-21-7-6-18(15)2)12-8-13(19-3)10-14(9-12)20-4/h8-10,15-17H,5-7,11H2,1-4H3. The Labute approximate surface area is 132 Å². The summed E-state index contributed by atoms with van der Waals surface area (Å²) >= 11 is 2.03. The van der Waals surface area contributed by atoms with E-state index < -0.39 is 0 Å². The van der Waals surface area contributed by atoms with E-state index in [1.807, 2.05) is 17.8 Å². The van der Waals surface area contributed by atoms with Crippen molar-refractivity contribution in [1.29, 1.82) is 0 Å². The monoisotopic (exact) mass is 310 g/mol. The second-order valence-corrected chi connectivity index (χ2v) is 6.45. The topological polar surface area (TPSA) is 33.7 Å². The molecule has 1 heterocycles. The highest BCUT2D eigenvalue weighted by molar-refractivity contribution is 7.99. The Balaban J connectivity index is 2.32. The van der Waals surface area contributed by atoms with Gasteiger partial charge >= 0.3 is 0 Å². The van der Waals surface area contributed by atoms with Crippen LogP contribution in [0.25, 0.3) is 0 Å². The molecule has 118 valence electrons. The minimum atomic E-state index is 0.289. The van der Waals surface area contributed by atoms with Gasteiger partial charge in [0, 0.05) is 36.2 Å². The van der Waals surface area contributed by atoms with Crippen LogP contribution in [0.4, 0.5) is 0 Å². The summed E-state index contributed by atoms with van der Waals surface area (Å²) in [6.45, 7) is 4.23. The number of rotatable bonds is 6. The van der Waals surface area contributed by atoms with E-state index in [2.05, 4.69) is 36.3 Å². The third-order valence-corrected chi connectivity index (χ3v) is 5.03. The minimum Gasteiger partial charge on any atom is -0.497 e. The summed E-state index contributed by atoms with van der Waals surface area (Å²) in [6, 6.07) is 6.93. The summed E-state index contributed by atoms with van der Waals surface area (Å²) in [5, 5.41) is 3.64. The fourth-order valence-electron chi connectivity index (χ4n) is 2.76. The van der Waals surface area contributed by atoms with E-state index in [9.17, 15) is 0 Å². The van der Waals surface area contributed by atoms with Crippen molar-refractivity contribution in [2.45, 2.75) is 19.0 Å². The predicted molar refractivity (Wildman–Crippen MR) is 89.7 cm³/mol. The summed E-state index contributed by atoms with van der Waals surface area (Å²) in [7, 11) is 5.61. The number of hydrogen-bond donors (Lipinski definition) is 1. The maximum atomic E-state index is 5.41. The van der Waals surface area contributed by atoms with Gasteiger partial charge in [-0.2, -0.15) is 11.8 Å². The average Bonchev–Trinajstić information content (AvgIpc) is 2.53. The van der Waals surface area contributed by atoms with E-state index in [4.69, 9.17) is 9.47 Å². The number of benzene rings is 1. The number of ether oxygens (including phenoxy) is 2. The van der Waals surface area contributed by atoms with Crippen molar-refractivity contribution in [3.63, 3.8) is 0 Å². The van der Waals surface area contributed by atoms with Gasteiger partial charge in [0.05, 0.1) is 14.2 Å². The lowest BCUT2D eigenvalue weighted by molar-refractivity contribution is 0.216. The van der Waals surface area contributed by atoms with Gasteiger partial charge in [-0.3, -0.25) is 4.90 Å². The number of hydrogen-bond acceptors (Lipinski definition) is 5. The van der Waals surface area contributed by atoms with E-state index in [1.54, 1.807) is 14.2 Å². The zero-order valence-electron chi connectivity index (χ0n) is 13.4. The van der Waals surface area contributed by atoms with E-state index in [-0.39, 0.29) is 6.04 Å². The van der Waals surface area contributed by atoms with Gasteiger partial charge in [-0.05, 0) is 31.3 Å². The van der Waals surface area contributed by atoms with Crippen LogP contribution in [-0.2, 0) is 0 Å². The zero-order valence-corrected chi connectivity index (χ0v) is 14.2. The molecule has 0 aromatic heterocycles. The molecule has 0 spiro atoms. The van der Waals surface area contributed by atoms with Gasteiger partial charge in [-0.1, -0.05) is 6.92 Å².